The third-order valence-electron chi connectivity index (χ3n) is 1.54. The molecule has 7 heteroatoms. The minimum absolute atomic E-state index is 0.0252. The van der Waals surface area contributed by atoms with Gasteiger partial charge >= 0.3 is 5.97 Å². The van der Waals surface area contributed by atoms with Crippen molar-refractivity contribution in [2.45, 2.75) is 12.3 Å². The fraction of sp³-hybridized carbons (Fsp3) is 0.714. The maximum Gasteiger partial charge on any atom is 0.321 e. The summed E-state index contributed by atoms with van der Waals surface area (Å²) in [6, 6.07) is -1.04. The number of hydrogen-bond donors (Lipinski definition) is 2. The first kappa shape index (κ1) is 11.4. The first-order valence-corrected chi connectivity index (χ1v) is 4.98. The van der Waals surface area contributed by atoms with Gasteiger partial charge in [0.25, 0.3) is 0 Å². The Morgan fingerprint density at radius 1 is 1.50 bits per heavy atom. The Labute approximate surface area is 84.7 Å². The Morgan fingerprint density at radius 2 is 2.07 bits per heavy atom. The third-order valence-corrected chi connectivity index (χ3v) is 2.54. The second kappa shape index (κ2) is 5.30. The number of nitrogens with two attached hydrogens (primary N) is 1. The average molecular weight is 221 g/mol. The maximum atomic E-state index is 11.2. The standard InChI is InChI=1S/C7H11NO5S/c8-4(5(9)10)3-14-6(11)7-12-1-2-13-7/h4,7H,1-3,8H2,(H,9,10). The van der Waals surface area contributed by atoms with Crippen molar-refractivity contribution in [3.63, 3.8) is 0 Å². The highest BCUT2D eigenvalue weighted by molar-refractivity contribution is 8.13. The zero-order valence-electron chi connectivity index (χ0n) is 7.34. The second-order valence-electron chi connectivity index (χ2n) is 2.65. The predicted octanol–water partition coefficient (Wildman–Crippen LogP) is -0.969. The summed E-state index contributed by atoms with van der Waals surface area (Å²) in [4.78, 5) is 21.6. The Balaban J connectivity index is 2.23. The molecule has 0 saturated carbocycles. The number of hydrogen-bond acceptors (Lipinski definition) is 6. The van der Waals surface area contributed by atoms with Crippen molar-refractivity contribution in [3.8, 4) is 0 Å². The smallest absolute Gasteiger partial charge is 0.321 e. The summed E-state index contributed by atoms with van der Waals surface area (Å²) in [7, 11) is 0. The van der Waals surface area contributed by atoms with Crippen LogP contribution in [0.5, 0.6) is 0 Å². The molecule has 0 radical (unpaired) electrons. The van der Waals surface area contributed by atoms with Gasteiger partial charge in [-0.25, -0.2) is 0 Å². The number of carboxylic acids is 1. The molecule has 0 aromatic rings. The van der Waals surface area contributed by atoms with Gasteiger partial charge in [-0.3, -0.25) is 9.59 Å². The molecule has 0 amide bonds. The molecule has 1 aliphatic heterocycles. The molecule has 0 aromatic heterocycles. The normalized spacial score (nSPS) is 19.5. The van der Waals surface area contributed by atoms with Crippen molar-refractivity contribution in [2.75, 3.05) is 19.0 Å². The first-order valence-electron chi connectivity index (χ1n) is 3.99. The summed E-state index contributed by atoms with van der Waals surface area (Å²) in [5.74, 6) is -1.10. The van der Waals surface area contributed by atoms with Crippen LogP contribution < -0.4 is 5.73 Å². The lowest BCUT2D eigenvalue weighted by molar-refractivity contribution is -0.137. The number of aliphatic carboxylic acids is 1. The Bertz CT molecular complexity index is 228. The molecule has 80 valence electrons. The fourth-order valence-corrected chi connectivity index (χ4v) is 1.56. The largest absolute Gasteiger partial charge is 0.480 e. The van der Waals surface area contributed by atoms with Crippen LogP contribution in [0.2, 0.25) is 0 Å². The molecule has 1 atom stereocenters. The molecule has 1 unspecified atom stereocenters. The van der Waals surface area contributed by atoms with Crippen LogP contribution in [0.3, 0.4) is 0 Å². The molecule has 1 fully saturated rings. The molecule has 1 rings (SSSR count). The van der Waals surface area contributed by atoms with Gasteiger partial charge in [0.05, 0.1) is 13.2 Å². The summed E-state index contributed by atoms with van der Waals surface area (Å²) in [6.45, 7) is 0.782. The van der Waals surface area contributed by atoms with E-state index in [1.54, 1.807) is 0 Å². The molecule has 0 bridgehead atoms. The quantitative estimate of drug-likeness (QED) is 0.630. The lowest BCUT2D eigenvalue weighted by Gasteiger charge is -2.08. The molecule has 0 spiro atoms. The van der Waals surface area contributed by atoms with Crippen molar-refractivity contribution in [1.29, 1.82) is 0 Å². The molecule has 0 aliphatic carbocycles. The van der Waals surface area contributed by atoms with Gasteiger partial charge in [0, 0.05) is 5.75 Å². The summed E-state index contributed by atoms with van der Waals surface area (Å²) in [6.07, 6.45) is -0.860. The SMILES string of the molecule is NC(CSC(=O)C1OCCO1)C(=O)O. The number of carbonyl (C=O) groups is 2. The number of carbonyl (C=O) groups excluding carboxylic acids is 1. The topological polar surface area (TPSA) is 98.9 Å². The summed E-state index contributed by atoms with van der Waals surface area (Å²) in [5.41, 5.74) is 5.21. The lowest BCUT2D eigenvalue weighted by atomic mass is 10.4. The predicted molar refractivity (Wildman–Crippen MR) is 48.8 cm³/mol. The minimum Gasteiger partial charge on any atom is -0.480 e. The van der Waals surface area contributed by atoms with Gasteiger partial charge in [-0.05, 0) is 0 Å². The minimum atomic E-state index is -1.13. The monoisotopic (exact) mass is 221 g/mol. The fourth-order valence-electron chi connectivity index (χ4n) is 0.806. The molecule has 1 heterocycles. The van der Waals surface area contributed by atoms with E-state index >= 15 is 0 Å². The van der Waals surface area contributed by atoms with E-state index in [4.69, 9.17) is 20.3 Å². The highest BCUT2D eigenvalue weighted by Crippen LogP contribution is 2.14. The Hall–Kier alpha value is -0.630. The van der Waals surface area contributed by atoms with E-state index in [1.165, 1.54) is 0 Å². The van der Waals surface area contributed by atoms with E-state index in [2.05, 4.69) is 0 Å². The van der Waals surface area contributed by atoms with Crippen molar-refractivity contribution >= 4 is 22.8 Å². The van der Waals surface area contributed by atoms with E-state index in [-0.39, 0.29) is 10.9 Å². The van der Waals surface area contributed by atoms with Crippen LogP contribution in [0, 0.1) is 0 Å². The van der Waals surface area contributed by atoms with Gasteiger partial charge < -0.3 is 20.3 Å². The van der Waals surface area contributed by atoms with E-state index in [1.807, 2.05) is 0 Å². The van der Waals surface area contributed by atoms with Gasteiger partial charge in [-0.2, -0.15) is 0 Å². The van der Waals surface area contributed by atoms with Crippen LogP contribution >= 0.6 is 11.8 Å². The summed E-state index contributed by atoms with van der Waals surface area (Å²) in [5, 5.41) is 8.11. The molecule has 0 aromatic carbocycles. The van der Waals surface area contributed by atoms with Gasteiger partial charge in [0.15, 0.2) is 0 Å². The Morgan fingerprint density at radius 3 is 2.57 bits per heavy atom. The maximum absolute atomic E-state index is 11.2. The number of ether oxygens (including phenoxy) is 2. The van der Waals surface area contributed by atoms with Crippen LogP contribution in [0.15, 0.2) is 0 Å². The van der Waals surface area contributed by atoms with Crippen molar-refractivity contribution < 1.29 is 24.2 Å². The van der Waals surface area contributed by atoms with E-state index in [9.17, 15) is 9.59 Å². The van der Waals surface area contributed by atoms with Gasteiger partial charge in [-0.15, -0.1) is 0 Å². The number of thioether (sulfide) groups is 1. The van der Waals surface area contributed by atoms with Crippen LogP contribution in [0.4, 0.5) is 0 Å². The van der Waals surface area contributed by atoms with Crippen LogP contribution in [0.25, 0.3) is 0 Å². The first-order chi connectivity index (χ1) is 6.61. The summed E-state index contributed by atoms with van der Waals surface area (Å²) >= 11 is 0.815. The van der Waals surface area contributed by atoms with Gasteiger partial charge in [0.2, 0.25) is 11.4 Å². The van der Waals surface area contributed by atoms with E-state index < -0.39 is 18.3 Å². The van der Waals surface area contributed by atoms with Crippen LogP contribution in [-0.4, -0.2) is 47.5 Å². The highest BCUT2D eigenvalue weighted by atomic mass is 32.2. The van der Waals surface area contributed by atoms with Gasteiger partial charge in [-0.1, -0.05) is 11.8 Å². The molecule has 3 N–H and O–H groups in total. The third kappa shape index (κ3) is 3.26. The summed E-state index contributed by atoms with van der Waals surface area (Å²) < 4.78 is 9.85. The van der Waals surface area contributed by atoms with Crippen LogP contribution in [0.1, 0.15) is 0 Å². The molecular formula is C7H11NO5S. The molecular weight excluding hydrogens is 210 g/mol. The number of rotatable bonds is 4. The van der Waals surface area contributed by atoms with Crippen molar-refractivity contribution in [1.82, 2.24) is 0 Å². The Kier molecular flexibility index (Phi) is 4.33. The highest BCUT2D eigenvalue weighted by Gasteiger charge is 2.26. The van der Waals surface area contributed by atoms with Crippen molar-refractivity contribution in [2.24, 2.45) is 5.73 Å². The van der Waals surface area contributed by atoms with Crippen molar-refractivity contribution in [3.05, 3.63) is 0 Å². The average Bonchev–Trinajstić information content (AvgIpc) is 2.66. The van der Waals surface area contributed by atoms with Crippen LogP contribution in [-0.2, 0) is 19.1 Å². The zero-order valence-corrected chi connectivity index (χ0v) is 8.16. The molecule has 6 nitrogen and oxygen atoms in total. The second-order valence-corrected chi connectivity index (χ2v) is 3.67. The molecule has 1 saturated heterocycles. The zero-order chi connectivity index (χ0) is 10.6. The molecule has 1 aliphatic rings. The van der Waals surface area contributed by atoms with Gasteiger partial charge in [0.1, 0.15) is 6.04 Å². The number of carboxylic acid groups (broad SMARTS) is 1. The molecule has 14 heavy (non-hydrogen) atoms. The lowest BCUT2D eigenvalue weighted by Crippen LogP contribution is -2.33. The van der Waals surface area contributed by atoms with E-state index in [0.717, 1.165) is 11.8 Å². The van der Waals surface area contributed by atoms with E-state index in [0.29, 0.717) is 13.2 Å².